The first-order valence-corrected chi connectivity index (χ1v) is 8.26. The molecule has 24 heavy (non-hydrogen) atoms. The maximum atomic E-state index is 11.7. The van der Waals surface area contributed by atoms with Crippen LogP contribution in [0, 0.1) is 0 Å². The van der Waals surface area contributed by atoms with Gasteiger partial charge in [0.05, 0.1) is 5.69 Å². The van der Waals surface area contributed by atoms with E-state index >= 15 is 0 Å². The van der Waals surface area contributed by atoms with Crippen molar-refractivity contribution in [3.63, 3.8) is 0 Å². The zero-order valence-corrected chi connectivity index (χ0v) is 13.5. The fourth-order valence-electron chi connectivity index (χ4n) is 2.24. The maximum Gasteiger partial charge on any atom is 0.322 e. The zero-order valence-electron chi connectivity index (χ0n) is 12.7. The summed E-state index contributed by atoms with van der Waals surface area (Å²) >= 11 is 1.49. The lowest BCUT2D eigenvalue weighted by atomic mass is 10.1. The molecule has 1 atom stereocenters. The van der Waals surface area contributed by atoms with Crippen molar-refractivity contribution in [3.05, 3.63) is 41.4 Å². The molecule has 1 aliphatic heterocycles. The minimum Gasteiger partial charge on any atom is -0.459 e. The van der Waals surface area contributed by atoms with E-state index in [-0.39, 0.29) is 19.4 Å². The number of amides is 3. The molecule has 1 saturated heterocycles. The van der Waals surface area contributed by atoms with Crippen molar-refractivity contribution < 1.29 is 19.1 Å². The van der Waals surface area contributed by atoms with E-state index in [4.69, 9.17) is 4.74 Å². The van der Waals surface area contributed by atoms with Crippen molar-refractivity contribution in [1.29, 1.82) is 0 Å². The highest BCUT2D eigenvalue weighted by Crippen LogP contribution is 2.23. The average Bonchev–Trinajstić information content (AvgIpc) is 3.18. The van der Waals surface area contributed by atoms with Crippen molar-refractivity contribution >= 4 is 29.2 Å². The Kier molecular flexibility index (Phi) is 4.85. The summed E-state index contributed by atoms with van der Waals surface area (Å²) in [5.74, 6) is -0.849. The first kappa shape index (κ1) is 16.1. The average molecular weight is 345 g/mol. The lowest BCUT2D eigenvalue weighted by molar-refractivity contribution is -0.145. The quantitative estimate of drug-likeness (QED) is 0.615. The summed E-state index contributed by atoms with van der Waals surface area (Å²) in [5.41, 5.74) is 1.70. The van der Waals surface area contributed by atoms with Crippen LogP contribution in [0.3, 0.4) is 0 Å². The minimum atomic E-state index is -0.672. The van der Waals surface area contributed by atoms with Crippen molar-refractivity contribution in [2.45, 2.75) is 25.5 Å². The molecule has 0 radical (unpaired) electrons. The van der Waals surface area contributed by atoms with Gasteiger partial charge in [-0.1, -0.05) is 30.3 Å². The second-order valence-corrected chi connectivity index (χ2v) is 6.08. The molecule has 2 N–H and O–H groups in total. The molecule has 124 valence electrons. The fraction of sp³-hybridized carbons (Fsp3) is 0.250. The molecule has 0 bridgehead atoms. The summed E-state index contributed by atoms with van der Waals surface area (Å²) in [6.07, 6.45) is 0.261. The summed E-state index contributed by atoms with van der Waals surface area (Å²) < 4.78 is 5.16. The second-order valence-electron chi connectivity index (χ2n) is 5.22. The molecule has 0 unspecified atom stereocenters. The van der Waals surface area contributed by atoms with E-state index in [0.29, 0.717) is 5.69 Å². The summed E-state index contributed by atoms with van der Waals surface area (Å²) in [6.45, 7) is 0.0887. The highest BCUT2D eigenvalue weighted by Gasteiger charge is 2.29. The summed E-state index contributed by atoms with van der Waals surface area (Å²) in [7, 11) is 0. The van der Waals surface area contributed by atoms with E-state index in [9.17, 15) is 14.4 Å². The van der Waals surface area contributed by atoms with Gasteiger partial charge in [0.2, 0.25) is 0 Å². The van der Waals surface area contributed by atoms with Crippen LogP contribution < -0.4 is 10.6 Å². The van der Waals surface area contributed by atoms with Gasteiger partial charge in [-0.3, -0.25) is 14.9 Å². The SMILES string of the molecule is O=C1NC(=O)[C@H](CCC(=O)OCc2csc(-c3ccccc3)n2)N1. The van der Waals surface area contributed by atoms with Gasteiger partial charge in [-0.2, -0.15) is 0 Å². The number of carbonyl (C=O) groups is 3. The van der Waals surface area contributed by atoms with Gasteiger partial charge in [0.15, 0.2) is 0 Å². The number of benzene rings is 1. The van der Waals surface area contributed by atoms with Crippen molar-refractivity contribution in [2.24, 2.45) is 0 Å². The smallest absolute Gasteiger partial charge is 0.322 e. The maximum absolute atomic E-state index is 11.7. The number of urea groups is 1. The number of ether oxygens (including phenoxy) is 1. The Labute approximate surface area is 142 Å². The Bertz CT molecular complexity index is 760. The normalized spacial score (nSPS) is 16.6. The van der Waals surface area contributed by atoms with E-state index in [1.54, 1.807) is 0 Å². The Balaban J connectivity index is 1.46. The molecule has 3 rings (SSSR count). The number of nitrogens with one attached hydrogen (secondary N) is 2. The third kappa shape index (κ3) is 3.96. The van der Waals surface area contributed by atoms with Crippen LogP contribution in [-0.4, -0.2) is 28.9 Å². The lowest BCUT2D eigenvalue weighted by Crippen LogP contribution is -2.29. The van der Waals surface area contributed by atoms with Gasteiger partial charge in [-0.25, -0.2) is 9.78 Å². The van der Waals surface area contributed by atoms with E-state index in [1.807, 2.05) is 35.7 Å². The van der Waals surface area contributed by atoms with Gasteiger partial charge in [0, 0.05) is 17.4 Å². The van der Waals surface area contributed by atoms with Crippen LogP contribution >= 0.6 is 11.3 Å². The topological polar surface area (TPSA) is 97.4 Å². The molecule has 8 heteroatoms. The highest BCUT2D eigenvalue weighted by atomic mass is 32.1. The van der Waals surface area contributed by atoms with Gasteiger partial charge < -0.3 is 10.1 Å². The Morgan fingerprint density at radius 1 is 1.25 bits per heavy atom. The number of carbonyl (C=O) groups excluding carboxylic acids is 3. The van der Waals surface area contributed by atoms with Crippen LogP contribution in [0.15, 0.2) is 35.7 Å². The number of thiazole rings is 1. The second kappa shape index (κ2) is 7.22. The molecule has 1 aliphatic rings. The van der Waals surface area contributed by atoms with E-state index in [2.05, 4.69) is 15.6 Å². The third-order valence-electron chi connectivity index (χ3n) is 3.45. The number of hydrogen-bond acceptors (Lipinski definition) is 6. The molecular weight excluding hydrogens is 330 g/mol. The highest BCUT2D eigenvalue weighted by molar-refractivity contribution is 7.13. The number of nitrogens with zero attached hydrogens (tertiary/aromatic N) is 1. The number of hydrogen-bond donors (Lipinski definition) is 2. The van der Waals surface area contributed by atoms with Crippen LogP contribution in [0.2, 0.25) is 0 Å². The van der Waals surface area contributed by atoms with Crippen LogP contribution in [0.25, 0.3) is 10.6 Å². The molecule has 1 aromatic carbocycles. The van der Waals surface area contributed by atoms with Crippen molar-refractivity contribution in [2.75, 3.05) is 0 Å². The molecule has 7 nitrogen and oxygen atoms in total. The van der Waals surface area contributed by atoms with Crippen LogP contribution in [0.1, 0.15) is 18.5 Å². The Morgan fingerprint density at radius 3 is 2.75 bits per heavy atom. The first-order valence-electron chi connectivity index (χ1n) is 7.38. The van der Waals surface area contributed by atoms with E-state index in [1.165, 1.54) is 11.3 Å². The van der Waals surface area contributed by atoms with Crippen molar-refractivity contribution in [1.82, 2.24) is 15.6 Å². The lowest BCUT2D eigenvalue weighted by Gasteiger charge is -2.06. The van der Waals surface area contributed by atoms with Gasteiger partial charge in [0.25, 0.3) is 5.91 Å². The predicted molar refractivity (Wildman–Crippen MR) is 87.0 cm³/mol. The molecule has 1 fully saturated rings. The van der Waals surface area contributed by atoms with Gasteiger partial charge >= 0.3 is 12.0 Å². The number of imide groups is 1. The summed E-state index contributed by atoms with van der Waals surface area (Å²) in [5, 5.41) is 7.27. The molecule has 2 aromatic rings. The molecule has 0 aliphatic carbocycles. The van der Waals surface area contributed by atoms with Crippen LogP contribution in [-0.2, 0) is 20.9 Å². The molecule has 0 saturated carbocycles. The van der Waals surface area contributed by atoms with Crippen molar-refractivity contribution in [3.8, 4) is 10.6 Å². The molecule has 0 spiro atoms. The van der Waals surface area contributed by atoms with E-state index in [0.717, 1.165) is 10.6 Å². The first-order chi connectivity index (χ1) is 11.6. The van der Waals surface area contributed by atoms with Gasteiger partial charge in [-0.15, -0.1) is 11.3 Å². The molecule has 3 amide bonds. The number of esters is 1. The Morgan fingerprint density at radius 2 is 2.04 bits per heavy atom. The zero-order chi connectivity index (χ0) is 16.9. The largest absolute Gasteiger partial charge is 0.459 e. The molecular formula is C16H15N3O4S. The van der Waals surface area contributed by atoms with Gasteiger partial charge in [0.1, 0.15) is 17.7 Å². The number of rotatable bonds is 6. The van der Waals surface area contributed by atoms with E-state index < -0.39 is 23.9 Å². The van der Waals surface area contributed by atoms with Crippen LogP contribution in [0.5, 0.6) is 0 Å². The number of aromatic nitrogens is 1. The summed E-state index contributed by atoms with van der Waals surface area (Å²) in [6, 6.07) is 8.55. The predicted octanol–water partition coefficient (Wildman–Crippen LogP) is 1.84. The molecule has 1 aromatic heterocycles. The standard InChI is InChI=1S/C16H15N3O4S/c20-13(7-6-12-14(21)19-16(22)18-12)23-8-11-9-24-15(17-11)10-4-2-1-3-5-10/h1-5,9,12H,6-8H2,(H2,18,19,21,22)/t12-/m0/s1. The third-order valence-corrected chi connectivity index (χ3v) is 4.39. The Hall–Kier alpha value is -2.74. The van der Waals surface area contributed by atoms with Gasteiger partial charge in [-0.05, 0) is 6.42 Å². The fourth-order valence-corrected chi connectivity index (χ4v) is 3.05. The minimum absolute atomic E-state index is 0.0496. The monoisotopic (exact) mass is 345 g/mol. The molecule has 2 heterocycles. The van der Waals surface area contributed by atoms with Crippen LogP contribution in [0.4, 0.5) is 4.79 Å². The summed E-state index contributed by atoms with van der Waals surface area (Å²) in [4.78, 5) is 38.5.